The first-order valence-electron chi connectivity index (χ1n) is 13.7. The third-order valence-corrected chi connectivity index (χ3v) is 9.25. The number of nitrogen functional groups attached to an aromatic ring is 1. The van der Waals surface area contributed by atoms with Gasteiger partial charge in [-0.2, -0.15) is 0 Å². The van der Waals surface area contributed by atoms with E-state index in [-0.39, 0.29) is 6.04 Å². The number of nitrogens with two attached hydrogens (primary N) is 1. The van der Waals surface area contributed by atoms with Crippen LogP contribution in [0.2, 0.25) is 0 Å². The van der Waals surface area contributed by atoms with Crippen LogP contribution in [0.4, 0.5) is 22.7 Å². The second kappa shape index (κ2) is 9.15. The highest BCUT2D eigenvalue weighted by Crippen LogP contribution is 2.48. The fraction of sp³-hybridized carbons (Fsp3) is 0.0556. The maximum absolute atomic E-state index is 6.45. The number of benzene rings is 6. The van der Waals surface area contributed by atoms with Crippen molar-refractivity contribution in [1.29, 1.82) is 0 Å². The standard InChI is InChI=1S/C36H27N3S/c37-29-14-3-4-15-30(29)38-31(24-19-20-27-26-12-2-6-18-34(26)40-35(27)21-24)22-39-32-16-5-1-11-25(32)28-13-7-9-23-10-8-17-33(39)36(23)28/h1-21,31,38H,22,37H2. The molecule has 40 heavy (non-hydrogen) atoms. The van der Waals surface area contributed by atoms with Gasteiger partial charge < -0.3 is 16.0 Å². The molecule has 0 bridgehead atoms. The lowest BCUT2D eigenvalue weighted by Gasteiger charge is -2.36. The van der Waals surface area contributed by atoms with E-state index in [0.717, 1.165) is 17.9 Å². The lowest BCUT2D eigenvalue weighted by molar-refractivity contribution is 0.770. The molecule has 2 heterocycles. The molecule has 0 aliphatic carbocycles. The Balaban J connectivity index is 1.30. The fourth-order valence-electron chi connectivity index (χ4n) is 6.23. The number of thiophene rings is 1. The largest absolute Gasteiger partial charge is 0.397 e. The number of hydrogen-bond acceptors (Lipinski definition) is 4. The third kappa shape index (κ3) is 3.64. The molecular formula is C36H27N3S. The summed E-state index contributed by atoms with van der Waals surface area (Å²) in [6, 6.07) is 45.7. The lowest BCUT2D eigenvalue weighted by Crippen LogP contribution is -2.30. The molecule has 1 atom stereocenters. The van der Waals surface area contributed by atoms with Crippen molar-refractivity contribution in [1.82, 2.24) is 0 Å². The Morgan fingerprint density at radius 3 is 2.30 bits per heavy atom. The molecule has 0 amide bonds. The average Bonchev–Trinajstić information content (AvgIpc) is 3.37. The quantitative estimate of drug-likeness (QED) is 0.216. The zero-order valence-corrected chi connectivity index (χ0v) is 22.7. The van der Waals surface area contributed by atoms with Gasteiger partial charge in [-0.05, 0) is 52.9 Å². The zero-order valence-electron chi connectivity index (χ0n) is 21.8. The summed E-state index contributed by atoms with van der Waals surface area (Å²) in [5.74, 6) is 0. The molecule has 7 aromatic rings. The predicted octanol–water partition coefficient (Wildman–Crippen LogP) is 9.76. The molecule has 8 rings (SSSR count). The first kappa shape index (κ1) is 23.1. The van der Waals surface area contributed by atoms with Crippen LogP contribution in [0.5, 0.6) is 0 Å². The zero-order chi connectivity index (χ0) is 26.6. The fourth-order valence-corrected chi connectivity index (χ4v) is 7.38. The highest BCUT2D eigenvalue weighted by atomic mass is 32.1. The Labute approximate surface area is 237 Å². The summed E-state index contributed by atoms with van der Waals surface area (Å²) in [5.41, 5.74) is 14.4. The van der Waals surface area contributed by atoms with E-state index in [2.05, 4.69) is 119 Å². The Morgan fingerprint density at radius 1 is 0.650 bits per heavy atom. The molecule has 192 valence electrons. The molecule has 3 nitrogen and oxygen atoms in total. The van der Waals surface area contributed by atoms with Gasteiger partial charge in [-0.25, -0.2) is 0 Å². The van der Waals surface area contributed by atoms with E-state index in [1.165, 1.54) is 59.0 Å². The number of rotatable bonds is 5. The Kier molecular flexibility index (Phi) is 5.29. The molecule has 0 saturated carbocycles. The SMILES string of the molecule is Nc1ccccc1NC(CN1c2ccccc2-c2cccc3cccc1c23)c1ccc2c(c1)sc1ccccc12. The van der Waals surface area contributed by atoms with Crippen LogP contribution in [0, 0.1) is 0 Å². The van der Waals surface area contributed by atoms with Gasteiger partial charge in [-0.15, -0.1) is 11.3 Å². The normalized spacial score (nSPS) is 13.1. The highest BCUT2D eigenvalue weighted by Gasteiger charge is 2.27. The highest BCUT2D eigenvalue weighted by molar-refractivity contribution is 7.25. The van der Waals surface area contributed by atoms with Crippen LogP contribution < -0.4 is 16.0 Å². The maximum atomic E-state index is 6.45. The first-order chi connectivity index (χ1) is 19.7. The van der Waals surface area contributed by atoms with Crippen LogP contribution >= 0.6 is 11.3 Å². The van der Waals surface area contributed by atoms with Crippen LogP contribution in [0.1, 0.15) is 11.6 Å². The molecule has 4 heteroatoms. The molecule has 0 spiro atoms. The van der Waals surface area contributed by atoms with Crippen molar-refractivity contribution in [2.45, 2.75) is 6.04 Å². The van der Waals surface area contributed by atoms with E-state index in [1.807, 2.05) is 29.5 Å². The number of nitrogens with zero attached hydrogens (tertiary/aromatic N) is 1. The first-order valence-corrected chi connectivity index (χ1v) is 14.5. The van der Waals surface area contributed by atoms with Crippen molar-refractivity contribution >= 4 is 65.0 Å². The predicted molar refractivity (Wildman–Crippen MR) is 173 cm³/mol. The average molecular weight is 534 g/mol. The Bertz CT molecular complexity index is 2050. The van der Waals surface area contributed by atoms with Crippen LogP contribution in [-0.2, 0) is 0 Å². The van der Waals surface area contributed by atoms with Gasteiger partial charge in [-0.3, -0.25) is 0 Å². The van der Waals surface area contributed by atoms with Gasteiger partial charge in [0.15, 0.2) is 0 Å². The van der Waals surface area contributed by atoms with Crippen LogP contribution in [0.25, 0.3) is 42.1 Å². The van der Waals surface area contributed by atoms with Crippen LogP contribution in [-0.4, -0.2) is 6.54 Å². The van der Waals surface area contributed by atoms with Gasteiger partial charge in [-0.1, -0.05) is 91.0 Å². The summed E-state index contributed by atoms with van der Waals surface area (Å²) in [4.78, 5) is 2.48. The summed E-state index contributed by atoms with van der Waals surface area (Å²) in [7, 11) is 0. The van der Waals surface area contributed by atoms with E-state index in [4.69, 9.17) is 5.73 Å². The number of fused-ring (bicyclic) bond motifs is 5. The number of para-hydroxylation sites is 3. The summed E-state index contributed by atoms with van der Waals surface area (Å²) in [5, 5.41) is 9.03. The molecular weight excluding hydrogens is 506 g/mol. The Hall–Kier alpha value is -4.80. The number of hydrogen-bond donors (Lipinski definition) is 2. The minimum Gasteiger partial charge on any atom is -0.397 e. The van der Waals surface area contributed by atoms with E-state index in [9.17, 15) is 0 Å². The van der Waals surface area contributed by atoms with E-state index < -0.39 is 0 Å². The molecule has 0 saturated heterocycles. The molecule has 6 aromatic carbocycles. The van der Waals surface area contributed by atoms with Gasteiger partial charge in [0.2, 0.25) is 0 Å². The van der Waals surface area contributed by atoms with Crippen molar-refractivity contribution in [2.75, 3.05) is 22.5 Å². The Morgan fingerprint density at radius 2 is 1.38 bits per heavy atom. The van der Waals surface area contributed by atoms with Gasteiger partial charge >= 0.3 is 0 Å². The van der Waals surface area contributed by atoms with E-state index in [1.54, 1.807) is 0 Å². The summed E-state index contributed by atoms with van der Waals surface area (Å²) in [6.45, 7) is 0.745. The van der Waals surface area contributed by atoms with E-state index >= 15 is 0 Å². The van der Waals surface area contributed by atoms with Crippen LogP contribution in [0.15, 0.2) is 127 Å². The molecule has 1 aliphatic rings. The van der Waals surface area contributed by atoms with Crippen molar-refractivity contribution in [2.24, 2.45) is 0 Å². The van der Waals surface area contributed by atoms with Crippen molar-refractivity contribution < 1.29 is 0 Å². The minimum absolute atomic E-state index is 0.00659. The van der Waals surface area contributed by atoms with Crippen LogP contribution in [0.3, 0.4) is 0 Å². The van der Waals surface area contributed by atoms with Gasteiger partial charge in [0.25, 0.3) is 0 Å². The summed E-state index contributed by atoms with van der Waals surface area (Å²) >= 11 is 1.86. The van der Waals surface area contributed by atoms with Gasteiger partial charge in [0.05, 0.1) is 17.4 Å². The van der Waals surface area contributed by atoms with Crippen molar-refractivity contribution in [3.05, 3.63) is 133 Å². The summed E-state index contributed by atoms with van der Waals surface area (Å²) in [6.07, 6.45) is 0. The summed E-state index contributed by atoms with van der Waals surface area (Å²) < 4.78 is 2.62. The molecule has 1 aromatic heterocycles. The maximum Gasteiger partial charge on any atom is 0.0694 e. The minimum atomic E-state index is -0.00659. The van der Waals surface area contributed by atoms with Gasteiger partial charge in [0.1, 0.15) is 0 Å². The molecule has 1 unspecified atom stereocenters. The topological polar surface area (TPSA) is 41.3 Å². The molecule has 3 N–H and O–H groups in total. The smallest absolute Gasteiger partial charge is 0.0694 e. The number of nitrogens with one attached hydrogen (secondary N) is 1. The second-order valence-corrected chi connectivity index (χ2v) is 11.5. The third-order valence-electron chi connectivity index (χ3n) is 8.12. The van der Waals surface area contributed by atoms with E-state index in [0.29, 0.717) is 0 Å². The molecule has 0 radical (unpaired) electrons. The second-order valence-electron chi connectivity index (χ2n) is 10.4. The van der Waals surface area contributed by atoms with Crippen molar-refractivity contribution in [3.8, 4) is 11.1 Å². The monoisotopic (exact) mass is 533 g/mol. The molecule has 0 fully saturated rings. The van der Waals surface area contributed by atoms with Gasteiger partial charge in [0, 0.05) is 49.0 Å². The molecule has 1 aliphatic heterocycles. The lowest BCUT2D eigenvalue weighted by atomic mass is 9.90. The van der Waals surface area contributed by atoms with Crippen molar-refractivity contribution in [3.63, 3.8) is 0 Å². The number of anilines is 4.